The number of benzene rings is 4. The number of carbonyl (C=O) groups is 6. The average Bonchev–Trinajstić information content (AvgIpc) is 3.93. The summed E-state index contributed by atoms with van der Waals surface area (Å²) in [6.45, 7) is 7.63. The van der Waals surface area contributed by atoms with Gasteiger partial charge in [0.25, 0.3) is 0 Å². The van der Waals surface area contributed by atoms with E-state index in [9.17, 15) is 28.8 Å². The predicted octanol–water partition coefficient (Wildman–Crippen LogP) is 4.51. The van der Waals surface area contributed by atoms with Gasteiger partial charge in [-0.3, -0.25) is 28.8 Å². The third-order valence-corrected chi connectivity index (χ3v) is 12.0. The standard InChI is InChI=1S/C53H65N9O6/c1-32(2)24-42(48(54)63)58-50(65)44(25-33(3)4)59-52(67)47(29-37-31-57-41-23-15-13-21-39(37)41)62-51(66)45(27-35-18-10-7-11-19-35)60-53(68)46(28-36-30-56-40-22-14-12-20-38(36)40)61-49(64)43(55-5)26-34-16-8-6-9-17-34/h6-23,30-33,42-47,55-57H,24-29H2,1-5H3,(H2,54,63)(H,58,65)(H,59,67)(H,60,68)(H,61,64)(H,62,66)/t42-,43-,44-,45-,46-,47-/m0/s1. The molecule has 0 radical (unpaired) electrons. The Hall–Kier alpha value is -7.26. The second kappa shape index (κ2) is 24.0. The lowest BCUT2D eigenvalue weighted by atomic mass is 9.98. The lowest BCUT2D eigenvalue weighted by Gasteiger charge is -2.28. The molecular formula is C53H65N9O6. The molecule has 4 aromatic carbocycles. The first-order chi connectivity index (χ1) is 32.7. The minimum Gasteiger partial charge on any atom is -0.368 e. The van der Waals surface area contributed by atoms with Crippen molar-refractivity contribution in [2.75, 3.05) is 7.05 Å². The molecule has 0 spiro atoms. The van der Waals surface area contributed by atoms with Crippen LogP contribution in [0.15, 0.2) is 122 Å². The lowest BCUT2D eigenvalue weighted by molar-refractivity contribution is -0.135. The van der Waals surface area contributed by atoms with Crippen LogP contribution in [0.5, 0.6) is 0 Å². The van der Waals surface area contributed by atoms with Gasteiger partial charge >= 0.3 is 0 Å². The molecule has 6 aromatic rings. The number of carbonyl (C=O) groups excluding carboxylic acids is 6. The fourth-order valence-corrected chi connectivity index (χ4v) is 8.48. The Morgan fingerprint density at radius 1 is 0.441 bits per heavy atom. The molecule has 0 saturated heterocycles. The van der Waals surface area contributed by atoms with E-state index >= 15 is 0 Å². The zero-order valence-corrected chi connectivity index (χ0v) is 39.4. The van der Waals surface area contributed by atoms with Crippen molar-refractivity contribution < 1.29 is 28.8 Å². The van der Waals surface area contributed by atoms with Crippen molar-refractivity contribution in [3.8, 4) is 0 Å². The second-order valence-electron chi connectivity index (χ2n) is 18.3. The molecule has 0 unspecified atom stereocenters. The molecule has 2 heterocycles. The normalized spacial score (nSPS) is 14.1. The van der Waals surface area contributed by atoms with Crippen molar-refractivity contribution in [1.82, 2.24) is 41.9 Å². The van der Waals surface area contributed by atoms with Gasteiger partial charge in [0.05, 0.1) is 6.04 Å². The van der Waals surface area contributed by atoms with E-state index in [4.69, 9.17) is 5.73 Å². The Bertz CT molecular complexity index is 2640. The highest BCUT2D eigenvalue weighted by Crippen LogP contribution is 2.22. The van der Waals surface area contributed by atoms with E-state index in [0.29, 0.717) is 12.8 Å². The van der Waals surface area contributed by atoms with Crippen LogP contribution in [0.4, 0.5) is 0 Å². The molecule has 0 aliphatic rings. The zero-order valence-electron chi connectivity index (χ0n) is 39.4. The van der Waals surface area contributed by atoms with E-state index < -0.39 is 71.7 Å². The van der Waals surface area contributed by atoms with Gasteiger partial charge in [-0.2, -0.15) is 0 Å². The topological polar surface area (TPSA) is 232 Å². The van der Waals surface area contributed by atoms with E-state index in [-0.39, 0.29) is 37.5 Å². The number of hydrogen-bond donors (Lipinski definition) is 9. The van der Waals surface area contributed by atoms with Crippen LogP contribution in [0, 0.1) is 11.8 Å². The van der Waals surface area contributed by atoms with Crippen molar-refractivity contribution in [2.45, 2.75) is 102 Å². The first kappa shape index (κ1) is 50.2. The fourth-order valence-electron chi connectivity index (χ4n) is 8.48. The first-order valence-electron chi connectivity index (χ1n) is 23.3. The monoisotopic (exact) mass is 924 g/mol. The molecule has 0 aliphatic heterocycles. The summed E-state index contributed by atoms with van der Waals surface area (Å²) in [6, 6.07) is 27.7. The van der Waals surface area contributed by atoms with Gasteiger partial charge < -0.3 is 47.6 Å². The smallest absolute Gasteiger partial charge is 0.243 e. The third-order valence-electron chi connectivity index (χ3n) is 12.0. The summed E-state index contributed by atoms with van der Waals surface area (Å²) in [5, 5.41) is 19.3. The maximum absolute atomic E-state index is 14.9. The van der Waals surface area contributed by atoms with E-state index in [2.05, 4.69) is 41.9 Å². The third kappa shape index (κ3) is 13.9. The van der Waals surface area contributed by atoms with E-state index in [1.54, 1.807) is 13.2 Å². The van der Waals surface area contributed by atoms with Crippen molar-refractivity contribution in [3.05, 3.63) is 144 Å². The van der Waals surface area contributed by atoms with Crippen LogP contribution in [0.25, 0.3) is 21.8 Å². The number of nitrogens with one attached hydrogen (secondary N) is 8. The maximum Gasteiger partial charge on any atom is 0.243 e. The number of rotatable bonds is 24. The number of fused-ring (bicyclic) bond motifs is 2. The van der Waals surface area contributed by atoms with Gasteiger partial charge in [0.15, 0.2) is 0 Å². The van der Waals surface area contributed by atoms with Crippen LogP contribution < -0.4 is 37.6 Å². The van der Waals surface area contributed by atoms with Crippen LogP contribution in [0.2, 0.25) is 0 Å². The summed E-state index contributed by atoms with van der Waals surface area (Å²) in [6.07, 6.45) is 4.66. The largest absolute Gasteiger partial charge is 0.368 e. The average molecular weight is 924 g/mol. The van der Waals surface area contributed by atoms with E-state index in [1.807, 2.05) is 143 Å². The van der Waals surface area contributed by atoms with Gasteiger partial charge in [0.1, 0.15) is 30.2 Å². The van der Waals surface area contributed by atoms with Crippen LogP contribution in [0.1, 0.15) is 62.8 Å². The minimum absolute atomic E-state index is 0.0208. The molecule has 15 nitrogen and oxygen atoms in total. The van der Waals surface area contributed by atoms with E-state index in [1.165, 1.54) is 0 Å². The van der Waals surface area contributed by atoms with Crippen molar-refractivity contribution >= 4 is 57.2 Å². The maximum atomic E-state index is 14.9. The van der Waals surface area contributed by atoms with Crippen molar-refractivity contribution in [3.63, 3.8) is 0 Å². The second-order valence-corrected chi connectivity index (χ2v) is 18.3. The zero-order chi connectivity index (χ0) is 48.7. The van der Waals surface area contributed by atoms with Crippen LogP contribution in [-0.2, 0) is 54.5 Å². The van der Waals surface area contributed by atoms with Crippen LogP contribution >= 0.6 is 0 Å². The SMILES string of the molecule is CN[C@@H](Cc1ccccc1)C(=O)N[C@@H](Cc1c[nH]c2ccccc12)C(=O)N[C@@H](Cc1ccccc1)C(=O)N[C@@H](Cc1c[nH]c2ccccc12)C(=O)N[C@@H](CC(C)C)C(=O)N[C@@H](CC(C)C)C(N)=O. The number of H-pyrrole nitrogens is 2. The molecule has 6 rings (SSSR count). The fraction of sp³-hybridized carbons (Fsp3) is 0.358. The number of para-hydroxylation sites is 2. The molecule has 0 saturated carbocycles. The number of hydrogen-bond acceptors (Lipinski definition) is 7. The Kier molecular flexibility index (Phi) is 17.7. The van der Waals surface area contributed by atoms with Gasteiger partial charge in [0.2, 0.25) is 35.4 Å². The minimum atomic E-state index is -1.24. The molecule has 15 heteroatoms. The summed E-state index contributed by atoms with van der Waals surface area (Å²) in [5.74, 6) is -3.56. The van der Waals surface area contributed by atoms with Crippen molar-refractivity contribution in [1.29, 1.82) is 0 Å². The Labute approximate surface area is 397 Å². The van der Waals surface area contributed by atoms with Gasteiger partial charge in [-0.15, -0.1) is 0 Å². The molecule has 2 aromatic heterocycles. The van der Waals surface area contributed by atoms with Gasteiger partial charge in [0, 0.05) is 53.5 Å². The molecule has 358 valence electrons. The van der Waals surface area contributed by atoms with Crippen LogP contribution in [0.3, 0.4) is 0 Å². The van der Waals surface area contributed by atoms with Crippen LogP contribution in [-0.4, -0.2) is 88.7 Å². The molecule has 68 heavy (non-hydrogen) atoms. The summed E-state index contributed by atoms with van der Waals surface area (Å²) < 4.78 is 0. The van der Waals surface area contributed by atoms with Gasteiger partial charge in [-0.05, 0) is 72.5 Å². The molecule has 0 aliphatic carbocycles. The first-order valence-corrected chi connectivity index (χ1v) is 23.3. The number of primary amides is 1. The number of likely N-dealkylation sites (N-methyl/N-ethyl adjacent to an activating group) is 1. The van der Waals surface area contributed by atoms with E-state index in [0.717, 1.165) is 44.1 Å². The molecule has 6 atom stereocenters. The number of nitrogens with two attached hydrogens (primary N) is 1. The van der Waals surface area contributed by atoms with Gasteiger partial charge in [-0.1, -0.05) is 125 Å². The lowest BCUT2D eigenvalue weighted by Crippen LogP contribution is -2.60. The quantitative estimate of drug-likeness (QED) is 0.0421. The molecule has 10 N–H and O–H groups in total. The highest BCUT2D eigenvalue weighted by Gasteiger charge is 2.34. The van der Waals surface area contributed by atoms with Gasteiger partial charge in [-0.25, -0.2) is 0 Å². The molecular weight excluding hydrogens is 859 g/mol. The number of aromatic amines is 2. The molecule has 0 fully saturated rings. The Balaban J connectivity index is 1.31. The summed E-state index contributed by atoms with van der Waals surface area (Å²) in [7, 11) is 1.69. The Morgan fingerprint density at radius 3 is 1.21 bits per heavy atom. The number of amides is 6. The molecule has 6 amide bonds. The molecule has 0 bridgehead atoms. The highest BCUT2D eigenvalue weighted by atomic mass is 16.2. The summed E-state index contributed by atoms with van der Waals surface area (Å²) in [5.41, 5.74) is 10.6. The number of aromatic nitrogens is 2. The van der Waals surface area contributed by atoms with Crippen molar-refractivity contribution in [2.24, 2.45) is 17.6 Å². The highest BCUT2D eigenvalue weighted by molar-refractivity contribution is 5.97. The Morgan fingerprint density at radius 2 is 0.779 bits per heavy atom. The summed E-state index contributed by atoms with van der Waals surface area (Å²) >= 11 is 0. The summed E-state index contributed by atoms with van der Waals surface area (Å²) in [4.78, 5) is 91.0. The predicted molar refractivity (Wildman–Crippen MR) is 265 cm³/mol.